The van der Waals surface area contributed by atoms with E-state index in [4.69, 9.17) is 4.52 Å². The summed E-state index contributed by atoms with van der Waals surface area (Å²) in [6.07, 6.45) is 0. The van der Waals surface area contributed by atoms with Crippen LogP contribution in [0.4, 0.5) is 5.13 Å². The number of rotatable bonds is 7. The Labute approximate surface area is 131 Å². The molecule has 0 radical (unpaired) electrons. The van der Waals surface area contributed by atoms with Crippen LogP contribution in [0.1, 0.15) is 18.4 Å². The third kappa shape index (κ3) is 5.10. The molecule has 0 fully saturated rings. The summed E-state index contributed by atoms with van der Waals surface area (Å²) in [5, 5.41) is 15.0. The highest BCUT2D eigenvalue weighted by molar-refractivity contribution is 8.01. The van der Waals surface area contributed by atoms with Gasteiger partial charge in [0.25, 0.3) is 0 Å². The highest BCUT2D eigenvalue weighted by Gasteiger charge is 2.12. The summed E-state index contributed by atoms with van der Waals surface area (Å²) >= 11 is 2.99. The molecular formula is C12H17N5O2S2. The molecular weight excluding hydrogens is 310 g/mol. The first-order chi connectivity index (χ1) is 10.1. The zero-order chi connectivity index (χ0) is 15.2. The van der Waals surface area contributed by atoms with Gasteiger partial charge in [-0.2, -0.15) is 0 Å². The minimum atomic E-state index is -0.127. The van der Waals surface area contributed by atoms with Gasteiger partial charge in [0.15, 0.2) is 10.1 Å². The smallest absolute Gasteiger partial charge is 0.240 e. The summed E-state index contributed by atoms with van der Waals surface area (Å²) in [5.41, 5.74) is 0.831. The fourth-order valence-corrected chi connectivity index (χ4v) is 3.32. The van der Waals surface area contributed by atoms with Crippen molar-refractivity contribution >= 4 is 34.1 Å². The molecule has 0 saturated heterocycles. The number of aryl methyl sites for hydroxylation is 1. The minimum Gasteiger partial charge on any atom is -0.360 e. The predicted molar refractivity (Wildman–Crippen MR) is 82.5 cm³/mol. The van der Waals surface area contributed by atoms with Crippen LogP contribution in [0.3, 0.4) is 0 Å². The van der Waals surface area contributed by atoms with Crippen molar-refractivity contribution in [2.75, 3.05) is 24.7 Å². The van der Waals surface area contributed by atoms with Crippen molar-refractivity contribution in [3.8, 4) is 0 Å². The summed E-state index contributed by atoms with van der Waals surface area (Å²) in [6.45, 7) is 4.68. The molecule has 114 valence electrons. The van der Waals surface area contributed by atoms with Gasteiger partial charge in [0.05, 0.1) is 18.8 Å². The number of likely N-dealkylation sites (N-methyl/N-ethyl adjacent to an activating group) is 1. The Kier molecular flexibility index (Phi) is 5.71. The second kappa shape index (κ2) is 7.53. The Morgan fingerprint density at radius 1 is 1.52 bits per heavy atom. The van der Waals surface area contributed by atoms with E-state index in [-0.39, 0.29) is 12.5 Å². The highest BCUT2D eigenvalue weighted by atomic mass is 32.2. The van der Waals surface area contributed by atoms with Crippen LogP contribution in [0, 0.1) is 6.92 Å². The normalized spacial score (nSPS) is 11.0. The maximum atomic E-state index is 11.9. The number of anilines is 1. The van der Waals surface area contributed by atoms with Crippen LogP contribution in [-0.2, 0) is 11.3 Å². The molecule has 0 atom stereocenters. The Balaban J connectivity index is 1.80. The van der Waals surface area contributed by atoms with Crippen molar-refractivity contribution in [1.29, 1.82) is 0 Å². The molecule has 2 heterocycles. The molecule has 1 amide bonds. The largest absolute Gasteiger partial charge is 0.360 e. The van der Waals surface area contributed by atoms with E-state index in [1.807, 2.05) is 31.9 Å². The standard InChI is InChI=1S/C12H17N5O2S2/c1-4-20-12-15-14-11(21-12)13-10(18)7-17(3)6-9-5-8(2)16-19-9/h5H,4,6-7H2,1-3H3,(H,13,14,18). The van der Waals surface area contributed by atoms with Crippen molar-refractivity contribution < 1.29 is 9.32 Å². The number of thioether (sulfide) groups is 1. The lowest BCUT2D eigenvalue weighted by atomic mass is 10.3. The quantitative estimate of drug-likeness (QED) is 0.615. The second-order valence-electron chi connectivity index (χ2n) is 4.46. The first kappa shape index (κ1) is 15.9. The Morgan fingerprint density at radius 2 is 2.33 bits per heavy atom. The Bertz CT molecular complexity index is 598. The van der Waals surface area contributed by atoms with Gasteiger partial charge in [0.1, 0.15) is 0 Å². The number of nitrogens with zero attached hydrogens (tertiary/aromatic N) is 4. The van der Waals surface area contributed by atoms with Crippen LogP contribution in [-0.4, -0.2) is 45.5 Å². The van der Waals surface area contributed by atoms with Gasteiger partial charge in [-0.3, -0.25) is 15.0 Å². The van der Waals surface area contributed by atoms with Crippen molar-refractivity contribution in [1.82, 2.24) is 20.3 Å². The molecule has 0 bridgehead atoms. The second-order valence-corrected chi connectivity index (χ2v) is 6.95. The van der Waals surface area contributed by atoms with Crippen LogP contribution in [0.5, 0.6) is 0 Å². The van der Waals surface area contributed by atoms with E-state index < -0.39 is 0 Å². The number of carbonyl (C=O) groups excluding carboxylic acids is 1. The van der Waals surface area contributed by atoms with Crippen LogP contribution >= 0.6 is 23.1 Å². The topological polar surface area (TPSA) is 84.2 Å². The molecule has 9 heteroatoms. The van der Waals surface area contributed by atoms with Crippen molar-refractivity contribution in [3.63, 3.8) is 0 Å². The SMILES string of the molecule is CCSc1nnc(NC(=O)CN(C)Cc2cc(C)no2)s1. The van der Waals surface area contributed by atoms with Gasteiger partial charge in [-0.15, -0.1) is 10.2 Å². The molecule has 2 aromatic heterocycles. The predicted octanol–water partition coefficient (Wildman–Crippen LogP) is 2.02. The average Bonchev–Trinajstić information content (AvgIpc) is 2.99. The van der Waals surface area contributed by atoms with E-state index in [1.54, 1.807) is 11.8 Å². The number of hydrogen-bond acceptors (Lipinski definition) is 8. The Hall–Kier alpha value is -1.45. The van der Waals surface area contributed by atoms with Gasteiger partial charge in [0, 0.05) is 6.07 Å². The van der Waals surface area contributed by atoms with Crippen LogP contribution < -0.4 is 5.32 Å². The molecule has 7 nitrogen and oxygen atoms in total. The van der Waals surface area contributed by atoms with Gasteiger partial charge in [-0.1, -0.05) is 35.2 Å². The van der Waals surface area contributed by atoms with Crippen molar-refractivity contribution in [2.45, 2.75) is 24.7 Å². The van der Waals surface area contributed by atoms with Crippen LogP contribution in [0.2, 0.25) is 0 Å². The fraction of sp³-hybridized carbons (Fsp3) is 0.500. The van der Waals surface area contributed by atoms with E-state index in [0.717, 1.165) is 21.5 Å². The zero-order valence-electron chi connectivity index (χ0n) is 12.1. The summed E-state index contributed by atoms with van der Waals surface area (Å²) < 4.78 is 5.98. The van der Waals surface area contributed by atoms with E-state index >= 15 is 0 Å². The van der Waals surface area contributed by atoms with Gasteiger partial charge in [0.2, 0.25) is 11.0 Å². The lowest BCUT2D eigenvalue weighted by Crippen LogP contribution is -2.29. The van der Waals surface area contributed by atoms with Gasteiger partial charge < -0.3 is 4.52 Å². The number of hydrogen-bond donors (Lipinski definition) is 1. The first-order valence-corrected chi connectivity index (χ1v) is 8.24. The zero-order valence-corrected chi connectivity index (χ0v) is 13.8. The van der Waals surface area contributed by atoms with E-state index in [2.05, 4.69) is 20.7 Å². The number of aromatic nitrogens is 3. The lowest BCUT2D eigenvalue weighted by molar-refractivity contribution is -0.117. The van der Waals surface area contributed by atoms with Crippen molar-refractivity contribution in [3.05, 3.63) is 17.5 Å². The summed E-state index contributed by atoms with van der Waals surface area (Å²) in [4.78, 5) is 13.8. The highest BCUT2D eigenvalue weighted by Crippen LogP contribution is 2.24. The van der Waals surface area contributed by atoms with E-state index in [1.165, 1.54) is 11.3 Å². The van der Waals surface area contributed by atoms with E-state index in [9.17, 15) is 4.79 Å². The minimum absolute atomic E-state index is 0.127. The van der Waals surface area contributed by atoms with Crippen LogP contribution in [0.25, 0.3) is 0 Å². The fourth-order valence-electron chi connectivity index (χ4n) is 1.66. The summed E-state index contributed by atoms with van der Waals surface area (Å²) in [7, 11) is 1.84. The Morgan fingerprint density at radius 3 is 3.00 bits per heavy atom. The number of carbonyl (C=O) groups is 1. The van der Waals surface area contributed by atoms with Crippen LogP contribution in [0.15, 0.2) is 14.9 Å². The molecule has 2 rings (SSSR count). The molecule has 0 aliphatic rings. The van der Waals surface area contributed by atoms with Gasteiger partial charge in [-0.05, 0) is 19.7 Å². The summed E-state index contributed by atoms with van der Waals surface area (Å²) in [5.74, 6) is 1.54. The molecule has 0 unspecified atom stereocenters. The molecule has 21 heavy (non-hydrogen) atoms. The van der Waals surface area contributed by atoms with Crippen molar-refractivity contribution in [2.24, 2.45) is 0 Å². The third-order valence-electron chi connectivity index (χ3n) is 2.44. The first-order valence-electron chi connectivity index (χ1n) is 6.43. The molecule has 0 aliphatic carbocycles. The summed E-state index contributed by atoms with van der Waals surface area (Å²) in [6, 6.07) is 1.85. The average molecular weight is 327 g/mol. The molecule has 0 aliphatic heterocycles. The maximum Gasteiger partial charge on any atom is 0.240 e. The molecule has 0 saturated carbocycles. The molecule has 1 N–H and O–H groups in total. The number of nitrogens with one attached hydrogen (secondary N) is 1. The molecule has 2 aromatic rings. The molecule has 0 spiro atoms. The van der Waals surface area contributed by atoms with Gasteiger partial charge >= 0.3 is 0 Å². The number of amides is 1. The third-order valence-corrected chi connectivity index (χ3v) is 4.29. The molecule has 0 aromatic carbocycles. The maximum absolute atomic E-state index is 11.9. The monoisotopic (exact) mass is 327 g/mol. The lowest BCUT2D eigenvalue weighted by Gasteiger charge is -2.13. The van der Waals surface area contributed by atoms with Gasteiger partial charge in [-0.25, -0.2) is 0 Å². The van der Waals surface area contributed by atoms with E-state index in [0.29, 0.717) is 11.7 Å².